The first-order valence-electron chi connectivity index (χ1n) is 6.26. The lowest BCUT2D eigenvalue weighted by Crippen LogP contribution is -2.37. The van der Waals surface area contributed by atoms with Crippen LogP contribution in [-0.4, -0.2) is 26.4 Å². The Labute approximate surface area is 124 Å². The molecule has 2 rings (SSSR count). The monoisotopic (exact) mass is 302 g/mol. The van der Waals surface area contributed by atoms with Gasteiger partial charge in [-0.25, -0.2) is 14.6 Å². The number of carboxylic acid groups (broad SMARTS) is 1. The van der Waals surface area contributed by atoms with Gasteiger partial charge in [-0.15, -0.1) is 0 Å². The molecule has 2 aromatic rings. The van der Waals surface area contributed by atoms with Crippen molar-refractivity contribution in [1.82, 2.24) is 9.13 Å². The number of hydrogen-bond donors (Lipinski definition) is 2. The third kappa shape index (κ3) is 2.53. The van der Waals surface area contributed by atoms with Gasteiger partial charge in [-0.05, 0) is 6.07 Å². The Morgan fingerprint density at radius 1 is 1.23 bits per heavy atom. The Morgan fingerprint density at radius 3 is 2.50 bits per heavy atom. The zero-order chi connectivity index (χ0) is 16.4. The zero-order valence-electron chi connectivity index (χ0n) is 12.0. The van der Waals surface area contributed by atoms with E-state index in [4.69, 9.17) is 10.8 Å². The second-order valence-corrected chi connectivity index (χ2v) is 4.59. The van der Waals surface area contributed by atoms with E-state index in [0.717, 1.165) is 9.13 Å². The second kappa shape index (κ2) is 5.68. The quantitative estimate of drug-likeness (QED) is 0.780. The number of carboxylic acids is 1. The van der Waals surface area contributed by atoms with Gasteiger partial charge in [0.1, 0.15) is 5.82 Å². The van der Waals surface area contributed by atoms with Crippen LogP contribution >= 0.6 is 0 Å². The van der Waals surface area contributed by atoms with Crippen LogP contribution in [0.2, 0.25) is 0 Å². The standard InChI is InChI=1S/C14H14N4O4/c1-17-11(15)10(12(19)18(2)14(17)22)16-7-8-5-3-4-6-9(8)13(20)21/h3-7H,15H2,1-2H3,(H,20,21). The van der Waals surface area contributed by atoms with Crippen LogP contribution in [-0.2, 0) is 14.1 Å². The third-order valence-electron chi connectivity index (χ3n) is 3.21. The molecule has 0 amide bonds. The molecule has 0 atom stereocenters. The van der Waals surface area contributed by atoms with Crippen molar-refractivity contribution < 1.29 is 9.90 Å². The Hall–Kier alpha value is -3.16. The molecule has 0 saturated heterocycles. The highest BCUT2D eigenvalue weighted by atomic mass is 16.4. The number of aliphatic imine (C=N–C) groups is 1. The summed E-state index contributed by atoms with van der Waals surface area (Å²) < 4.78 is 1.98. The Kier molecular flexibility index (Phi) is 3.93. The van der Waals surface area contributed by atoms with E-state index in [-0.39, 0.29) is 17.1 Å². The number of carbonyl (C=O) groups is 1. The van der Waals surface area contributed by atoms with Crippen molar-refractivity contribution in [3.8, 4) is 0 Å². The molecule has 0 spiro atoms. The lowest BCUT2D eigenvalue weighted by atomic mass is 10.1. The first-order chi connectivity index (χ1) is 10.3. The highest BCUT2D eigenvalue weighted by Crippen LogP contribution is 2.14. The van der Waals surface area contributed by atoms with Crippen LogP contribution in [0.4, 0.5) is 11.5 Å². The fraction of sp³-hybridized carbons (Fsp3) is 0.143. The predicted octanol–water partition coefficient (Wildman–Crippen LogP) is 0.115. The first kappa shape index (κ1) is 15.2. The van der Waals surface area contributed by atoms with Crippen molar-refractivity contribution in [3.05, 3.63) is 56.2 Å². The van der Waals surface area contributed by atoms with E-state index in [0.29, 0.717) is 5.56 Å². The van der Waals surface area contributed by atoms with E-state index < -0.39 is 17.2 Å². The van der Waals surface area contributed by atoms with Gasteiger partial charge >= 0.3 is 11.7 Å². The van der Waals surface area contributed by atoms with E-state index in [1.807, 2.05) is 0 Å². The summed E-state index contributed by atoms with van der Waals surface area (Å²) in [7, 11) is 2.73. The van der Waals surface area contributed by atoms with Gasteiger partial charge in [-0.3, -0.25) is 13.9 Å². The molecule has 1 heterocycles. The van der Waals surface area contributed by atoms with Gasteiger partial charge in [-0.2, -0.15) is 0 Å². The maximum Gasteiger partial charge on any atom is 0.336 e. The summed E-state index contributed by atoms with van der Waals surface area (Å²) in [5.41, 5.74) is 4.78. The minimum Gasteiger partial charge on any atom is -0.478 e. The van der Waals surface area contributed by atoms with Crippen LogP contribution in [0.1, 0.15) is 15.9 Å². The van der Waals surface area contributed by atoms with E-state index in [1.54, 1.807) is 18.2 Å². The van der Waals surface area contributed by atoms with Gasteiger partial charge in [0.15, 0.2) is 5.69 Å². The largest absolute Gasteiger partial charge is 0.478 e. The van der Waals surface area contributed by atoms with Crippen molar-refractivity contribution >= 4 is 23.7 Å². The molecule has 0 fully saturated rings. The molecule has 0 bridgehead atoms. The average Bonchev–Trinajstić information content (AvgIpc) is 2.51. The van der Waals surface area contributed by atoms with Gasteiger partial charge in [-0.1, -0.05) is 18.2 Å². The molecule has 0 saturated carbocycles. The molecule has 22 heavy (non-hydrogen) atoms. The predicted molar refractivity (Wildman–Crippen MR) is 82.0 cm³/mol. The van der Waals surface area contributed by atoms with Gasteiger partial charge in [0.2, 0.25) is 0 Å². The minimum absolute atomic E-state index is 0.0477. The second-order valence-electron chi connectivity index (χ2n) is 4.59. The number of nitrogen functional groups attached to an aromatic ring is 1. The van der Waals surface area contributed by atoms with E-state index in [9.17, 15) is 14.4 Å². The number of nitrogens with zero attached hydrogens (tertiary/aromatic N) is 3. The van der Waals surface area contributed by atoms with Gasteiger partial charge in [0, 0.05) is 25.9 Å². The van der Waals surface area contributed by atoms with Crippen molar-refractivity contribution in [2.45, 2.75) is 0 Å². The highest BCUT2D eigenvalue weighted by Gasteiger charge is 2.12. The van der Waals surface area contributed by atoms with Crippen LogP contribution in [0.3, 0.4) is 0 Å². The molecule has 8 heteroatoms. The molecule has 0 unspecified atom stereocenters. The summed E-state index contributed by atoms with van der Waals surface area (Å²) in [6, 6.07) is 6.21. The molecule has 1 aromatic carbocycles. The summed E-state index contributed by atoms with van der Waals surface area (Å²) in [5.74, 6) is -1.19. The molecular formula is C14H14N4O4. The normalized spacial score (nSPS) is 11.0. The summed E-state index contributed by atoms with van der Waals surface area (Å²) in [4.78, 5) is 38.8. The molecule has 8 nitrogen and oxygen atoms in total. The zero-order valence-corrected chi connectivity index (χ0v) is 12.0. The Bertz CT molecular complexity index is 893. The molecule has 114 valence electrons. The molecule has 1 aromatic heterocycles. The molecule has 0 aliphatic carbocycles. The summed E-state index contributed by atoms with van der Waals surface area (Å²) >= 11 is 0. The van der Waals surface area contributed by atoms with E-state index in [1.165, 1.54) is 26.4 Å². The van der Waals surface area contributed by atoms with Gasteiger partial charge in [0.25, 0.3) is 5.56 Å². The SMILES string of the molecule is Cn1c(N)c(N=Cc2ccccc2C(=O)O)c(=O)n(C)c1=O. The maximum atomic E-state index is 12.0. The van der Waals surface area contributed by atoms with Crippen LogP contribution in [0, 0.1) is 0 Å². The lowest BCUT2D eigenvalue weighted by Gasteiger charge is -2.08. The van der Waals surface area contributed by atoms with Crippen LogP contribution in [0.25, 0.3) is 0 Å². The van der Waals surface area contributed by atoms with Gasteiger partial charge < -0.3 is 10.8 Å². The van der Waals surface area contributed by atoms with Crippen LogP contribution in [0.5, 0.6) is 0 Å². The molecule has 0 aliphatic rings. The van der Waals surface area contributed by atoms with Crippen molar-refractivity contribution in [3.63, 3.8) is 0 Å². The van der Waals surface area contributed by atoms with Crippen LogP contribution in [0.15, 0.2) is 38.8 Å². The highest BCUT2D eigenvalue weighted by molar-refractivity contribution is 5.99. The average molecular weight is 302 g/mol. The summed E-state index contributed by atoms with van der Waals surface area (Å²) in [6.45, 7) is 0. The van der Waals surface area contributed by atoms with Crippen molar-refractivity contribution in [2.75, 3.05) is 5.73 Å². The lowest BCUT2D eigenvalue weighted by molar-refractivity contribution is 0.0697. The van der Waals surface area contributed by atoms with Crippen molar-refractivity contribution in [1.29, 1.82) is 0 Å². The fourth-order valence-corrected chi connectivity index (χ4v) is 1.90. The number of aromatic carboxylic acids is 1. The number of rotatable bonds is 3. The maximum absolute atomic E-state index is 12.0. The third-order valence-corrected chi connectivity index (χ3v) is 3.21. The fourth-order valence-electron chi connectivity index (χ4n) is 1.90. The number of benzene rings is 1. The summed E-state index contributed by atoms with van der Waals surface area (Å²) in [6.07, 6.45) is 1.24. The smallest absolute Gasteiger partial charge is 0.336 e. The molecule has 3 N–H and O–H groups in total. The van der Waals surface area contributed by atoms with Crippen molar-refractivity contribution in [2.24, 2.45) is 19.1 Å². The molecule has 0 aliphatic heterocycles. The number of nitrogens with two attached hydrogens (primary N) is 1. The Morgan fingerprint density at radius 2 is 1.86 bits per heavy atom. The number of hydrogen-bond acceptors (Lipinski definition) is 5. The van der Waals surface area contributed by atoms with E-state index in [2.05, 4.69) is 4.99 Å². The number of anilines is 1. The summed E-state index contributed by atoms with van der Waals surface area (Å²) in [5, 5.41) is 9.10. The molecular weight excluding hydrogens is 288 g/mol. The van der Waals surface area contributed by atoms with Crippen LogP contribution < -0.4 is 17.0 Å². The van der Waals surface area contributed by atoms with Gasteiger partial charge in [0.05, 0.1) is 5.56 Å². The topological polar surface area (TPSA) is 120 Å². The van der Waals surface area contributed by atoms with E-state index >= 15 is 0 Å². The Balaban J connectivity index is 2.60. The molecule has 0 radical (unpaired) electrons. The minimum atomic E-state index is -1.11. The first-order valence-corrected chi connectivity index (χ1v) is 6.26. The number of aromatic nitrogens is 2.